The van der Waals surface area contributed by atoms with Gasteiger partial charge in [-0.05, 0) is 54.7 Å². The smallest absolute Gasteiger partial charge is 0.119 e. The van der Waals surface area contributed by atoms with Gasteiger partial charge in [-0.2, -0.15) is 0 Å². The van der Waals surface area contributed by atoms with Crippen LogP contribution < -0.4 is 10.1 Å². The maximum absolute atomic E-state index is 5.66. The molecule has 0 spiro atoms. The van der Waals surface area contributed by atoms with Crippen molar-refractivity contribution in [1.82, 2.24) is 0 Å². The molecular weight excluding hydrogens is 270 g/mol. The Balaban J connectivity index is 1.92. The Kier molecular flexibility index (Phi) is 5.12. The minimum Gasteiger partial charge on any atom is -0.491 e. The molecule has 0 atom stereocenters. The third-order valence-corrected chi connectivity index (χ3v) is 3.54. The third kappa shape index (κ3) is 4.80. The van der Waals surface area contributed by atoms with Crippen molar-refractivity contribution in [3.05, 3.63) is 59.7 Å². The van der Waals surface area contributed by atoms with Gasteiger partial charge in [0.15, 0.2) is 0 Å². The molecular formula is C20H27NO. The predicted octanol–water partition coefficient (Wildman–Crippen LogP) is 5.38. The predicted molar refractivity (Wildman–Crippen MR) is 94.7 cm³/mol. The fourth-order valence-corrected chi connectivity index (χ4v) is 2.25. The maximum atomic E-state index is 5.66. The Morgan fingerprint density at radius 1 is 0.909 bits per heavy atom. The minimum absolute atomic E-state index is 0.199. The molecule has 0 bridgehead atoms. The van der Waals surface area contributed by atoms with E-state index >= 15 is 0 Å². The molecule has 0 saturated heterocycles. The van der Waals surface area contributed by atoms with E-state index in [0.717, 1.165) is 18.0 Å². The fraction of sp³-hybridized carbons (Fsp3) is 0.400. The number of ether oxygens (including phenoxy) is 1. The van der Waals surface area contributed by atoms with Crippen molar-refractivity contribution in [2.24, 2.45) is 0 Å². The molecule has 2 rings (SSSR count). The van der Waals surface area contributed by atoms with Crippen molar-refractivity contribution in [2.45, 2.75) is 52.7 Å². The molecule has 0 radical (unpaired) electrons. The van der Waals surface area contributed by atoms with E-state index in [-0.39, 0.29) is 11.5 Å². The summed E-state index contributed by atoms with van der Waals surface area (Å²) in [4.78, 5) is 0. The highest BCUT2D eigenvalue weighted by Crippen LogP contribution is 2.23. The van der Waals surface area contributed by atoms with Crippen LogP contribution in [0.5, 0.6) is 5.75 Å². The number of hydrogen-bond donors (Lipinski definition) is 1. The molecule has 0 saturated carbocycles. The summed E-state index contributed by atoms with van der Waals surface area (Å²) < 4.78 is 5.66. The molecule has 118 valence electrons. The van der Waals surface area contributed by atoms with Crippen LogP contribution in [0.1, 0.15) is 45.7 Å². The van der Waals surface area contributed by atoms with Gasteiger partial charge in [0.25, 0.3) is 0 Å². The number of anilines is 1. The molecule has 2 nitrogen and oxygen atoms in total. The van der Waals surface area contributed by atoms with E-state index in [4.69, 9.17) is 4.74 Å². The molecule has 0 aliphatic rings. The second-order valence-electron chi connectivity index (χ2n) is 6.99. The van der Waals surface area contributed by atoms with Crippen LogP contribution in [0.15, 0.2) is 48.5 Å². The standard InChI is InChI=1S/C20H27NO/c1-15(2)22-19-12-6-16(7-13-19)14-21-18-10-8-17(9-11-18)20(3,4)5/h6-13,15,21H,14H2,1-5H3. The summed E-state index contributed by atoms with van der Waals surface area (Å²) in [5, 5.41) is 3.46. The third-order valence-electron chi connectivity index (χ3n) is 3.54. The number of hydrogen-bond acceptors (Lipinski definition) is 2. The summed E-state index contributed by atoms with van der Waals surface area (Å²) >= 11 is 0. The lowest BCUT2D eigenvalue weighted by Crippen LogP contribution is -2.10. The Hall–Kier alpha value is -1.96. The zero-order chi connectivity index (χ0) is 16.2. The van der Waals surface area contributed by atoms with Gasteiger partial charge < -0.3 is 10.1 Å². The molecule has 0 aromatic heterocycles. The monoisotopic (exact) mass is 297 g/mol. The molecule has 2 heteroatoms. The summed E-state index contributed by atoms with van der Waals surface area (Å²) in [6.07, 6.45) is 0.213. The molecule has 0 aliphatic heterocycles. The normalized spacial score (nSPS) is 11.5. The summed E-state index contributed by atoms with van der Waals surface area (Å²) in [7, 11) is 0. The number of rotatable bonds is 5. The largest absolute Gasteiger partial charge is 0.491 e. The number of benzene rings is 2. The zero-order valence-corrected chi connectivity index (χ0v) is 14.3. The van der Waals surface area contributed by atoms with Crippen LogP contribution in [0.4, 0.5) is 5.69 Å². The quantitative estimate of drug-likeness (QED) is 0.799. The lowest BCUT2D eigenvalue weighted by Gasteiger charge is -2.19. The highest BCUT2D eigenvalue weighted by atomic mass is 16.5. The molecule has 1 N–H and O–H groups in total. The first kappa shape index (κ1) is 16.4. The molecule has 2 aromatic carbocycles. The average Bonchev–Trinajstić information content (AvgIpc) is 2.45. The zero-order valence-electron chi connectivity index (χ0n) is 14.3. The van der Waals surface area contributed by atoms with Crippen molar-refractivity contribution < 1.29 is 4.74 Å². The van der Waals surface area contributed by atoms with Crippen LogP contribution >= 0.6 is 0 Å². The van der Waals surface area contributed by atoms with Gasteiger partial charge in [-0.15, -0.1) is 0 Å². The highest BCUT2D eigenvalue weighted by molar-refractivity contribution is 5.46. The van der Waals surface area contributed by atoms with Crippen LogP contribution in [0.2, 0.25) is 0 Å². The van der Waals surface area contributed by atoms with Gasteiger partial charge in [-0.1, -0.05) is 45.0 Å². The first-order chi connectivity index (χ1) is 10.3. The first-order valence-electron chi connectivity index (χ1n) is 7.94. The van der Waals surface area contributed by atoms with Crippen molar-refractivity contribution in [1.29, 1.82) is 0 Å². The van der Waals surface area contributed by atoms with Crippen LogP contribution in [-0.2, 0) is 12.0 Å². The van der Waals surface area contributed by atoms with Gasteiger partial charge in [-0.3, -0.25) is 0 Å². The summed E-state index contributed by atoms with van der Waals surface area (Å²) in [6, 6.07) is 17.0. The van der Waals surface area contributed by atoms with Gasteiger partial charge in [0.1, 0.15) is 5.75 Å². The summed E-state index contributed by atoms with van der Waals surface area (Å²) in [5.41, 5.74) is 3.95. The van der Waals surface area contributed by atoms with Gasteiger partial charge in [0, 0.05) is 12.2 Å². The first-order valence-corrected chi connectivity index (χ1v) is 7.94. The Morgan fingerprint density at radius 3 is 2.00 bits per heavy atom. The van der Waals surface area contributed by atoms with Crippen molar-refractivity contribution in [2.75, 3.05) is 5.32 Å². The van der Waals surface area contributed by atoms with Crippen LogP contribution in [0.3, 0.4) is 0 Å². The second kappa shape index (κ2) is 6.87. The molecule has 0 heterocycles. The minimum atomic E-state index is 0.199. The van der Waals surface area contributed by atoms with Gasteiger partial charge in [0.05, 0.1) is 6.10 Å². The van der Waals surface area contributed by atoms with E-state index < -0.39 is 0 Å². The number of nitrogens with one attached hydrogen (secondary N) is 1. The van der Waals surface area contributed by atoms with E-state index in [1.165, 1.54) is 11.1 Å². The van der Waals surface area contributed by atoms with E-state index in [1.54, 1.807) is 0 Å². The van der Waals surface area contributed by atoms with E-state index in [1.807, 2.05) is 26.0 Å². The average molecular weight is 297 g/mol. The van der Waals surface area contributed by atoms with Crippen LogP contribution in [0, 0.1) is 0 Å². The van der Waals surface area contributed by atoms with Gasteiger partial charge in [0.2, 0.25) is 0 Å². The van der Waals surface area contributed by atoms with Crippen LogP contribution in [-0.4, -0.2) is 6.10 Å². The molecule has 0 amide bonds. The molecule has 0 fully saturated rings. The fourth-order valence-electron chi connectivity index (χ4n) is 2.25. The lowest BCUT2D eigenvalue weighted by atomic mass is 9.87. The van der Waals surface area contributed by atoms with E-state index in [2.05, 4.69) is 62.5 Å². The Labute approximate surface area is 134 Å². The van der Waals surface area contributed by atoms with E-state index in [9.17, 15) is 0 Å². The summed E-state index contributed by atoms with van der Waals surface area (Å²) in [5.74, 6) is 0.924. The van der Waals surface area contributed by atoms with Gasteiger partial charge >= 0.3 is 0 Å². The second-order valence-corrected chi connectivity index (χ2v) is 6.99. The molecule has 2 aromatic rings. The van der Waals surface area contributed by atoms with Crippen molar-refractivity contribution in [3.63, 3.8) is 0 Å². The molecule has 0 unspecified atom stereocenters. The van der Waals surface area contributed by atoms with Crippen molar-refractivity contribution >= 4 is 5.69 Å². The Bertz CT molecular complexity index is 577. The summed E-state index contributed by atoms with van der Waals surface area (Å²) in [6.45, 7) is 11.6. The highest BCUT2D eigenvalue weighted by Gasteiger charge is 2.12. The van der Waals surface area contributed by atoms with Crippen molar-refractivity contribution in [3.8, 4) is 5.75 Å². The Morgan fingerprint density at radius 2 is 1.50 bits per heavy atom. The maximum Gasteiger partial charge on any atom is 0.119 e. The van der Waals surface area contributed by atoms with Gasteiger partial charge in [-0.25, -0.2) is 0 Å². The topological polar surface area (TPSA) is 21.3 Å². The SMILES string of the molecule is CC(C)Oc1ccc(CNc2ccc(C(C)(C)C)cc2)cc1. The molecule has 22 heavy (non-hydrogen) atoms. The van der Waals surface area contributed by atoms with E-state index in [0.29, 0.717) is 0 Å². The molecule has 0 aliphatic carbocycles. The van der Waals surface area contributed by atoms with Crippen LogP contribution in [0.25, 0.3) is 0 Å². The lowest BCUT2D eigenvalue weighted by molar-refractivity contribution is 0.242.